The smallest absolute Gasteiger partial charge is 0.397 e. The zero-order valence-electron chi connectivity index (χ0n) is 48.2. The summed E-state index contributed by atoms with van der Waals surface area (Å²) >= 11 is 0. The molecule has 8 fully saturated rings. The van der Waals surface area contributed by atoms with Crippen LogP contribution in [0.2, 0.25) is 0 Å². The Kier molecular flexibility index (Phi) is 18.6. The number of carbonyl (C=O) groups is 2. The van der Waals surface area contributed by atoms with Crippen molar-refractivity contribution in [1.82, 2.24) is 0 Å². The third-order valence-corrected chi connectivity index (χ3v) is 20.9. The minimum atomic E-state index is -5.21. The van der Waals surface area contributed by atoms with E-state index in [-0.39, 0.29) is 24.7 Å². The maximum absolute atomic E-state index is 14.7. The number of cyclic esters (lactones) is 1. The summed E-state index contributed by atoms with van der Waals surface area (Å²) in [6.07, 6.45) is -25.3. The number of allylic oxidation sites excluding steroid dienone is 4. The summed E-state index contributed by atoms with van der Waals surface area (Å²) in [6.45, 7) is 12.3. The molecule has 27 nitrogen and oxygen atoms in total. The molecule has 11 N–H and O–H groups in total. The number of hydrogen-bond acceptors (Lipinski definition) is 26. The Balaban J connectivity index is 0.925. The van der Waals surface area contributed by atoms with Crippen LogP contribution in [0.15, 0.2) is 23.3 Å². The first-order valence-corrected chi connectivity index (χ1v) is 29.9. The van der Waals surface area contributed by atoms with Gasteiger partial charge in [0.25, 0.3) is 0 Å². The van der Waals surface area contributed by atoms with Gasteiger partial charge in [0.05, 0.1) is 32.5 Å². The molecule has 0 aromatic rings. The Bertz CT molecular complexity index is 2530. The summed E-state index contributed by atoms with van der Waals surface area (Å²) in [5, 5.41) is 112. The standard InChI is InChI=1S/C55H86O27S/c1-24(2)11-10-16-53(8)55(67)34(74-25(3)58)19-52(7)27-12-13-32-50(4,5)33(15-17-51(32,6)26(27)14-18-54(52,55)49(66)81-53)77-48-44(36(61)31(23-73-48)82-83(68,69)70)80-46-38(63)37(62)42(30(21-57)76-46)79-45-39(64)41(28(59)22-72-45)78-47-40(65)43(71-9)35(60)29(20-56)75-47/h11-12,26,28-48,56-57,59-65,67H,10,13-23H2,1-9H3,(H,68,69,70)/t26?,28-,29-,30-,31-,32+,33+,34+,35-,36+,37-,38-,39+,40-,41+,42-,43+,44+,45+,46+,47+,48+,51-,52+,53+,54?,55+/m1/s1. The van der Waals surface area contributed by atoms with Gasteiger partial charge < -0.3 is 103 Å². The maximum atomic E-state index is 14.7. The van der Waals surface area contributed by atoms with Crippen molar-refractivity contribution in [3.05, 3.63) is 23.3 Å². The van der Waals surface area contributed by atoms with Gasteiger partial charge in [-0.25, -0.2) is 4.18 Å². The van der Waals surface area contributed by atoms with E-state index in [1.807, 2.05) is 40.7 Å². The molecule has 28 heteroatoms. The molecule has 5 saturated heterocycles. The number of rotatable bonds is 17. The third-order valence-electron chi connectivity index (χ3n) is 20.4. The minimum Gasteiger partial charge on any atom is -0.459 e. The van der Waals surface area contributed by atoms with E-state index in [1.165, 1.54) is 14.0 Å². The van der Waals surface area contributed by atoms with E-state index in [1.54, 1.807) is 6.92 Å². The average Bonchev–Trinajstić information content (AvgIpc) is 1.58. The molecular weight excluding hydrogens is 1120 g/mol. The number of hydrogen-bond donors (Lipinski definition) is 11. The van der Waals surface area contributed by atoms with Crippen molar-refractivity contribution in [2.24, 2.45) is 33.5 Å². The Hall–Kier alpha value is -2.47. The Morgan fingerprint density at radius 2 is 1.36 bits per heavy atom. The predicted molar refractivity (Wildman–Crippen MR) is 279 cm³/mol. The zero-order valence-corrected chi connectivity index (χ0v) is 49.0. The highest BCUT2D eigenvalue weighted by atomic mass is 32.3. The predicted octanol–water partition coefficient (Wildman–Crippen LogP) is -1.29. The number of fused-ring (bicyclic) bond motifs is 4. The molecule has 9 aliphatic rings. The molecule has 3 saturated carbocycles. The van der Waals surface area contributed by atoms with Crippen LogP contribution in [0.5, 0.6) is 0 Å². The van der Waals surface area contributed by atoms with Crippen LogP contribution in [-0.2, 0) is 76.3 Å². The molecular formula is C55H86O27S. The first-order chi connectivity index (χ1) is 38.8. The van der Waals surface area contributed by atoms with Gasteiger partial charge in [-0.3, -0.25) is 14.1 Å². The van der Waals surface area contributed by atoms with Gasteiger partial charge in [0.15, 0.2) is 30.8 Å². The Labute approximate surface area is 481 Å². The molecule has 0 aromatic carbocycles. The summed E-state index contributed by atoms with van der Waals surface area (Å²) in [5.74, 6) is -1.31. The molecule has 83 heavy (non-hydrogen) atoms. The van der Waals surface area contributed by atoms with Crippen molar-refractivity contribution in [2.75, 3.05) is 33.5 Å². The minimum absolute atomic E-state index is 0.103. The first kappa shape index (κ1) is 65.0. The molecule has 2 unspecified atom stereocenters. The zero-order chi connectivity index (χ0) is 60.9. The summed E-state index contributed by atoms with van der Waals surface area (Å²) in [6, 6.07) is 0. The van der Waals surface area contributed by atoms with Gasteiger partial charge in [-0.05, 0) is 94.8 Å². The van der Waals surface area contributed by atoms with E-state index >= 15 is 0 Å². The topological polar surface area (TPSA) is 402 Å². The molecule has 0 radical (unpaired) electrons. The van der Waals surface area contributed by atoms with Crippen molar-refractivity contribution in [3.63, 3.8) is 0 Å². The van der Waals surface area contributed by atoms with Crippen LogP contribution in [0.25, 0.3) is 0 Å². The van der Waals surface area contributed by atoms with Crippen molar-refractivity contribution in [2.45, 2.75) is 241 Å². The van der Waals surface area contributed by atoms with Gasteiger partial charge in [-0.2, -0.15) is 8.42 Å². The van der Waals surface area contributed by atoms with E-state index in [9.17, 15) is 73.6 Å². The average molecular weight is 1210 g/mol. The van der Waals surface area contributed by atoms with Crippen LogP contribution >= 0.6 is 0 Å². The van der Waals surface area contributed by atoms with Crippen LogP contribution in [-0.4, -0.2) is 244 Å². The lowest BCUT2D eigenvalue weighted by Gasteiger charge is -2.64. The fourth-order valence-corrected chi connectivity index (χ4v) is 16.8. The highest BCUT2D eigenvalue weighted by Gasteiger charge is 2.87. The molecule has 0 amide bonds. The normalized spacial score (nSPS) is 49.5. The van der Waals surface area contributed by atoms with Crippen molar-refractivity contribution >= 4 is 22.3 Å². The van der Waals surface area contributed by atoms with E-state index in [4.69, 9.17) is 56.3 Å². The maximum Gasteiger partial charge on any atom is 0.397 e. The van der Waals surface area contributed by atoms with Crippen molar-refractivity contribution in [3.8, 4) is 0 Å². The van der Waals surface area contributed by atoms with E-state index < -0.39 is 204 Å². The summed E-state index contributed by atoms with van der Waals surface area (Å²) in [7, 11) is -4.03. The number of aliphatic hydroxyl groups excluding tert-OH is 9. The number of aliphatic hydroxyl groups is 10. The quantitative estimate of drug-likeness (QED) is 0.0458. The molecule has 0 bridgehead atoms. The van der Waals surface area contributed by atoms with Crippen molar-refractivity contribution in [1.29, 1.82) is 0 Å². The van der Waals surface area contributed by atoms with Crippen LogP contribution in [0.4, 0.5) is 0 Å². The largest absolute Gasteiger partial charge is 0.459 e. The molecule has 474 valence electrons. The van der Waals surface area contributed by atoms with Crippen LogP contribution < -0.4 is 0 Å². The van der Waals surface area contributed by atoms with E-state index in [2.05, 4.69) is 13.0 Å². The van der Waals surface area contributed by atoms with Crippen LogP contribution in [0.1, 0.15) is 107 Å². The molecule has 5 heterocycles. The number of ether oxygens (including phenoxy) is 11. The molecule has 5 aliphatic heterocycles. The lowest BCUT2D eigenvalue weighted by atomic mass is 9.40. The molecule has 27 atom stereocenters. The van der Waals surface area contributed by atoms with Gasteiger partial charge >= 0.3 is 22.3 Å². The lowest BCUT2D eigenvalue weighted by molar-refractivity contribution is -0.385. The van der Waals surface area contributed by atoms with Gasteiger partial charge in [-0.1, -0.05) is 51.0 Å². The molecule has 0 aromatic heterocycles. The third kappa shape index (κ3) is 10.9. The van der Waals surface area contributed by atoms with Crippen LogP contribution in [0.3, 0.4) is 0 Å². The lowest BCUT2D eigenvalue weighted by Crippen LogP contribution is -2.66. The van der Waals surface area contributed by atoms with Gasteiger partial charge in [0, 0.05) is 19.4 Å². The molecule has 4 aliphatic carbocycles. The number of carbonyl (C=O) groups excluding carboxylic acids is 2. The van der Waals surface area contributed by atoms with Gasteiger partial charge in [0.1, 0.15) is 103 Å². The number of esters is 2. The fraction of sp³-hybridized carbons (Fsp3) is 0.891. The van der Waals surface area contributed by atoms with E-state index in [0.717, 1.165) is 11.1 Å². The van der Waals surface area contributed by atoms with E-state index in [0.29, 0.717) is 38.5 Å². The second-order valence-electron chi connectivity index (χ2n) is 25.7. The molecule has 1 spiro atoms. The highest BCUT2D eigenvalue weighted by Crippen LogP contribution is 2.78. The fourth-order valence-electron chi connectivity index (χ4n) is 16.3. The highest BCUT2D eigenvalue weighted by molar-refractivity contribution is 7.80. The first-order valence-electron chi connectivity index (χ1n) is 28.6. The Morgan fingerprint density at radius 1 is 0.735 bits per heavy atom. The second kappa shape index (κ2) is 23.8. The Morgan fingerprint density at radius 3 is 2.00 bits per heavy atom. The monoisotopic (exact) mass is 1210 g/mol. The number of methoxy groups -OCH3 is 1. The SMILES string of the molecule is CO[C@@H]1[C@@H](O)[C@H](O[C@@H]2[C@H](O)[C@H](O[C@H]3[C@H](O)[C@@H](O)[C@H](O[C@@H]4[C@H](O[C@H]5CC[C@]6(C)C7CCC89C(=O)O[C@@](C)(CCC=C(C)C)[C@@]8(O)[C@@H](OC(C)=O)C[C@@]9(C)C7=CC[C@H]6C5(C)C)OC[C@@H](OS(=O)(=O)O)[C@@H]4O)O[C@@H]3CO)OC[C@H]2O)O[C@H](CO)[C@H]1O. The molecule has 9 rings (SSSR count). The second-order valence-corrected chi connectivity index (χ2v) is 26.8. The summed E-state index contributed by atoms with van der Waals surface area (Å²) in [5.41, 5.74) is -4.71. The van der Waals surface area contributed by atoms with Crippen molar-refractivity contribution < 1.29 is 130 Å². The summed E-state index contributed by atoms with van der Waals surface area (Å²) in [4.78, 5) is 27.5. The van der Waals surface area contributed by atoms with Gasteiger partial charge in [0.2, 0.25) is 0 Å². The van der Waals surface area contributed by atoms with Gasteiger partial charge in [-0.15, -0.1) is 0 Å². The van der Waals surface area contributed by atoms with Crippen LogP contribution in [0, 0.1) is 33.5 Å². The summed E-state index contributed by atoms with van der Waals surface area (Å²) < 4.78 is 104.